The van der Waals surface area contributed by atoms with Crippen LogP contribution in [0.5, 0.6) is 5.88 Å². The largest absolute Gasteiger partial charge is 0.476 e. The number of carboxylic acid groups (broad SMARTS) is 1. The quantitative estimate of drug-likeness (QED) is 0.550. The monoisotopic (exact) mass is 474 g/mol. The highest BCUT2D eigenvalue weighted by atomic mass is 16.5. The van der Waals surface area contributed by atoms with Crippen molar-refractivity contribution in [2.75, 3.05) is 63.5 Å². The number of ether oxygens (including phenoxy) is 1. The van der Waals surface area contributed by atoms with Crippen LogP contribution >= 0.6 is 0 Å². The topological polar surface area (TPSA) is 124 Å². The predicted octanol–water partition coefficient (Wildman–Crippen LogP) is 2.32. The first-order valence-electron chi connectivity index (χ1n) is 12.6. The molecular formula is C24H38N6O4. The molecule has 0 spiro atoms. The molecular weight excluding hydrogens is 436 g/mol. The minimum absolute atomic E-state index is 0.0119. The number of nitrogens with two attached hydrogens (primary N) is 1. The normalized spacial score (nSPS) is 24.0. The Hall–Kier alpha value is -2.75. The standard InChI is InChI=1S/C24H38N6O4/c25-20-17-26-22(34-15-14-28-8-2-1-3-9-28)16-21(20)27-19-6-4-18(5-7-19)23(31)29-10-12-30(13-11-29)24(32)33/h16-19H,1-15,25H2,(H,26,27)(H,32,33)/t18-,19+. The lowest BCUT2D eigenvalue weighted by Gasteiger charge is -2.37. The van der Waals surface area contributed by atoms with E-state index in [4.69, 9.17) is 15.6 Å². The fourth-order valence-corrected chi connectivity index (χ4v) is 5.19. The van der Waals surface area contributed by atoms with Gasteiger partial charge in [0.25, 0.3) is 0 Å². The van der Waals surface area contributed by atoms with E-state index >= 15 is 0 Å². The summed E-state index contributed by atoms with van der Waals surface area (Å²) in [5.74, 6) is 0.757. The van der Waals surface area contributed by atoms with Crippen molar-refractivity contribution in [3.8, 4) is 5.88 Å². The molecule has 0 bridgehead atoms. The van der Waals surface area contributed by atoms with E-state index < -0.39 is 6.09 Å². The number of anilines is 2. The number of nitrogen functional groups attached to an aromatic ring is 1. The fourth-order valence-electron chi connectivity index (χ4n) is 5.19. The van der Waals surface area contributed by atoms with Crippen molar-refractivity contribution in [1.82, 2.24) is 19.7 Å². The smallest absolute Gasteiger partial charge is 0.407 e. The van der Waals surface area contributed by atoms with Crippen LogP contribution in [0.25, 0.3) is 0 Å². The summed E-state index contributed by atoms with van der Waals surface area (Å²) in [4.78, 5) is 33.9. The van der Waals surface area contributed by atoms with Crippen molar-refractivity contribution >= 4 is 23.4 Å². The first kappa shape index (κ1) is 24.4. The van der Waals surface area contributed by atoms with Crippen LogP contribution < -0.4 is 15.8 Å². The minimum atomic E-state index is -0.912. The number of carbonyl (C=O) groups is 2. The molecule has 10 heteroatoms. The fraction of sp³-hybridized carbons (Fsp3) is 0.708. The third-order valence-electron chi connectivity index (χ3n) is 7.31. The lowest BCUT2D eigenvalue weighted by molar-refractivity contribution is -0.138. The van der Waals surface area contributed by atoms with E-state index in [2.05, 4.69) is 15.2 Å². The van der Waals surface area contributed by atoms with Gasteiger partial charge < -0.3 is 30.7 Å². The number of aromatic nitrogens is 1. The van der Waals surface area contributed by atoms with Gasteiger partial charge in [-0.25, -0.2) is 9.78 Å². The van der Waals surface area contributed by atoms with E-state index in [-0.39, 0.29) is 17.9 Å². The Balaban J connectivity index is 1.21. The Kier molecular flexibility index (Phi) is 8.31. The maximum absolute atomic E-state index is 12.9. The van der Waals surface area contributed by atoms with E-state index in [0.29, 0.717) is 44.4 Å². The molecule has 2 aliphatic heterocycles. The van der Waals surface area contributed by atoms with Crippen LogP contribution in [0.2, 0.25) is 0 Å². The van der Waals surface area contributed by atoms with E-state index in [1.54, 1.807) is 6.20 Å². The second-order valence-electron chi connectivity index (χ2n) is 9.65. The van der Waals surface area contributed by atoms with Crippen LogP contribution in [0, 0.1) is 5.92 Å². The van der Waals surface area contributed by atoms with Gasteiger partial charge in [0, 0.05) is 50.7 Å². The number of carbonyl (C=O) groups excluding carboxylic acids is 1. The Bertz CT molecular complexity index is 831. The number of likely N-dealkylation sites (tertiary alicyclic amines) is 1. The van der Waals surface area contributed by atoms with Gasteiger partial charge in [-0.2, -0.15) is 0 Å². The van der Waals surface area contributed by atoms with Gasteiger partial charge in [0.05, 0.1) is 17.6 Å². The third-order valence-corrected chi connectivity index (χ3v) is 7.31. The first-order valence-corrected chi connectivity index (χ1v) is 12.6. The number of hydrogen-bond donors (Lipinski definition) is 3. The lowest BCUT2D eigenvalue weighted by atomic mass is 9.85. The van der Waals surface area contributed by atoms with E-state index in [9.17, 15) is 9.59 Å². The van der Waals surface area contributed by atoms with Gasteiger partial charge in [-0.3, -0.25) is 9.69 Å². The van der Waals surface area contributed by atoms with Crippen LogP contribution in [0.15, 0.2) is 12.3 Å². The maximum Gasteiger partial charge on any atom is 0.407 e. The highest BCUT2D eigenvalue weighted by molar-refractivity contribution is 5.79. The molecule has 2 saturated heterocycles. The Morgan fingerprint density at radius 3 is 2.38 bits per heavy atom. The molecule has 1 saturated carbocycles. The molecule has 4 N–H and O–H groups in total. The van der Waals surface area contributed by atoms with Gasteiger partial charge in [-0.05, 0) is 51.6 Å². The van der Waals surface area contributed by atoms with Gasteiger partial charge >= 0.3 is 6.09 Å². The van der Waals surface area contributed by atoms with Crippen molar-refractivity contribution in [2.24, 2.45) is 5.92 Å². The van der Waals surface area contributed by atoms with Crippen LogP contribution in [-0.4, -0.2) is 95.3 Å². The molecule has 3 heterocycles. The van der Waals surface area contributed by atoms with E-state index in [1.807, 2.05) is 11.0 Å². The molecule has 188 valence electrons. The molecule has 0 aromatic carbocycles. The van der Waals surface area contributed by atoms with Crippen molar-refractivity contribution in [3.63, 3.8) is 0 Å². The van der Waals surface area contributed by atoms with Gasteiger partial charge in [-0.1, -0.05) is 6.42 Å². The summed E-state index contributed by atoms with van der Waals surface area (Å²) < 4.78 is 5.89. The van der Waals surface area contributed by atoms with Gasteiger partial charge in [0.2, 0.25) is 11.8 Å². The Morgan fingerprint density at radius 1 is 1.03 bits per heavy atom. The molecule has 10 nitrogen and oxygen atoms in total. The lowest BCUT2D eigenvalue weighted by Crippen LogP contribution is -2.52. The minimum Gasteiger partial charge on any atom is -0.476 e. The Morgan fingerprint density at radius 2 is 1.71 bits per heavy atom. The van der Waals surface area contributed by atoms with Crippen LogP contribution in [0.1, 0.15) is 44.9 Å². The molecule has 3 aliphatic rings. The number of piperidine rings is 1. The van der Waals surface area contributed by atoms with E-state index in [0.717, 1.165) is 51.0 Å². The molecule has 0 unspecified atom stereocenters. The molecule has 1 aliphatic carbocycles. The summed E-state index contributed by atoms with van der Waals surface area (Å²) in [6.45, 7) is 5.57. The molecule has 3 fully saturated rings. The summed E-state index contributed by atoms with van der Waals surface area (Å²) in [7, 11) is 0. The molecule has 1 aromatic rings. The maximum atomic E-state index is 12.9. The summed E-state index contributed by atoms with van der Waals surface area (Å²) in [6.07, 6.45) is 8.00. The number of nitrogens with zero attached hydrogens (tertiary/aromatic N) is 4. The second-order valence-corrected chi connectivity index (χ2v) is 9.65. The molecule has 0 atom stereocenters. The van der Waals surface area contributed by atoms with Crippen molar-refractivity contribution in [3.05, 3.63) is 12.3 Å². The second kappa shape index (κ2) is 11.6. The summed E-state index contributed by atoms with van der Waals surface area (Å²) in [5, 5.41) is 12.6. The van der Waals surface area contributed by atoms with Gasteiger partial charge in [0.1, 0.15) is 6.61 Å². The highest BCUT2D eigenvalue weighted by Crippen LogP contribution is 2.31. The summed E-state index contributed by atoms with van der Waals surface area (Å²) in [5.41, 5.74) is 7.59. The number of pyridine rings is 1. The number of nitrogens with one attached hydrogen (secondary N) is 1. The zero-order valence-electron chi connectivity index (χ0n) is 20.0. The third kappa shape index (κ3) is 6.43. The zero-order valence-corrected chi connectivity index (χ0v) is 20.0. The first-order chi connectivity index (χ1) is 16.5. The van der Waals surface area contributed by atoms with Crippen LogP contribution in [0.3, 0.4) is 0 Å². The number of piperazine rings is 1. The van der Waals surface area contributed by atoms with Gasteiger partial charge in [0.15, 0.2) is 0 Å². The Labute approximate surface area is 201 Å². The van der Waals surface area contributed by atoms with Crippen molar-refractivity contribution in [1.29, 1.82) is 0 Å². The highest BCUT2D eigenvalue weighted by Gasteiger charge is 2.32. The van der Waals surface area contributed by atoms with Crippen molar-refractivity contribution in [2.45, 2.75) is 51.0 Å². The molecule has 4 rings (SSSR count). The van der Waals surface area contributed by atoms with E-state index in [1.165, 1.54) is 24.2 Å². The number of rotatable bonds is 7. The SMILES string of the molecule is Nc1cnc(OCCN2CCCCC2)cc1N[C@H]1CC[C@@H](C(=O)N2CCN(C(=O)O)CC2)CC1. The van der Waals surface area contributed by atoms with Crippen molar-refractivity contribution < 1.29 is 19.4 Å². The number of amides is 2. The predicted molar refractivity (Wildman–Crippen MR) is 130 cm³/mol. The van der Waals surface area contributed by atoms with Crippen LogP contribution in [-0.2, 0) is 4.79 Å². The zero-order chi connectivity index (χ0) is 23.9. The number of hydrogen-bond acceptors (Lipinski definition) is 7. The molecule has 2 amide bonds. The summed E-state index contributed by atoms with van der Waals surface area (Å²) in [6, 6.07) is 2.13. The molecule has 34 heavy (non-hydrogen) atoms. The molecule has 0 radical (unpaired) electrons. The van der Waals surface area contributed by atoms with Crippen LogP contribution in [0.4, 0.5) is 16.2 Å². The average Bonchev–Trinajstić information content (AvgIpc) is 2.87. The summed E-state index contributed by atoms with van der Waals surface area (Å²) >= 11 is 0. The average molecular weight is 475 g/mol. The molecule has 1 aromatic heterocycles. The van der Waals surface area contributed by atoms with Gasteiger partial charge in [-0.15, -0.1) is 0 Å².